The second kappa shape index (κ2) is 9.42. The fourth-order valence-corrected chi connectivity index (χ4v) is 3.73. The third kappa shape index (κ3) is 4.86. The zero-order chi connectivity index (χ0) is 23.3. The van der Waals surface area contributed by atoms with E-state index < -0.39 is 0 Å². The van der Waals surface area contributed by atoms with Crippen molar-refractivity contribution in [1.82, 2.24) is 9.78 Å². The average Bonchev–Trinajstić information content (AvgIpc) is 2.87. The Morgan fingerprint density at radius 3 is 2.18 bits per heavy atom. The molecule has 0 bridgehead atoms. The van der Waals surface area contributed by atoms with Crippen LogP contribution in [0.2, 0.25) is 0 Å². The predicted molar refractivity (Wildman–Crippen MR) is 136 cm³/mol. The van der Waals surface area contributed by atoms with Gasteiger partial charge in [0.15, 0.2) is 0 Å². The average molecular weight is 447 g/mol. The van der Waals surface area contributed by atoms with Crippen LogP contribution in [0.1, 0.15) is 0 Å². The summed E-state index contributed by atoms with van der Waals surface area (Å²) < 4.78 is 1.19. The molecule has 4 aromatic carbocycles. The first kappa shape index (κ1) is 21.2. The van der Waals surface area contributed by atoms with Gasteiger partial charge in [-0.15, -0.1) is 0 Å². The minimum Gasteiger partial charge on any atom is -0.356 e. The monoisotopic (exact) mass is 446 g/mol. The molecule has 0 radical (unpaired) electrons. The molecule has 2 N–H and O–H groups in total. The number of anilines is 3. The van der Waals surface area contributed by atoms with Gasteiger partial charge >= 0.3 is 0 Å². The molecule has 0 atom stereocenters. The lowest BCUT2D eigenvalue weighted by molar-refractivity contribution is -0.117. The summed E-state index contributed by atoms with van der Waals surface area (Å²) in [5.74, 6) is -0.325. The van der Waals surface area contributed by atoms with Gasteiger partial charge in [0.2, 0.25) is 5.91 Å². The predicted octanol–water partition coefficient (Wildman–Crippen LogP) is 5.45. The molecule has 1 amide bonds. The maximum Gasteiger partial charge on any atom is 0.267 e. The number of benzene rings is 4. The summed E-state index contributed by atoms with van der Waals surface area (Å²) >= 11 is 0. The van der Waals surface area contributed by atoms with Gasteiger partial charge < -0.3 is 10.6 Å². The normalized spacial score (nSPS) is 10.7. The molecule has 6 nitrogen and oxygen atoms in total. The molecular weight excluding hydrogens is 424 g/mol. The quantitative estimate of drug-likeness (QED) is 0.364. The smallest absolute Gasteiger partial charge is 0.267 e. The number of hydrogen-bond donors (Lipinski definition) is 2. The zero-order valence-corrected chi connectivity index (χ0v) is 18.3. The van der Waals surface area contributed by atoms with E-state index in [2.05, 4.69) is 15.7 Å². The molecule has 1 aromatic heterocycles. The fourth-order valence-electron chi connectivity index (χ4n) is 3.73. The largest absolute Gasteiger partial charge is 0.356 e. The zero-order valence-electron chi connectivity index (χ0n) is 18.3. The van der Waals surface area contributed by atoms with Crippen LogP contribution < -0.4 is 16.2 Å². The molecule has 166 valence electrons. The Kier molecular flexibility index (Phi) is 5.86. The van der Waals surface area contributed by atoms with Crippen LogP contribution in [0, 0.1) is 0 Å². The maximum absolute atomic E-state index is 12.6. The number of fused-ring (bicyclic) bond motifs is 1. The molecule has 34 heavy (non-hydrogen) atoms. The number of aromatic nitrogens is 2. The summed E-state index contributed by atoms with van der Waals surface area (Å²) in [6.45, 7) is -0.176. The molecule has 0 spiro atoms. The summed E-state index contributed by atoms with van der Waals surface area (Å²) in [5, 5.41) is 12.8. The highest BCUT2D eigenvalue weighted by molar-refractivity contribution is 5.91. The van der Waals surface area contributed by atoms with Crippen molar-refractivity contribution in [2.75, 3.05) is 10.6 Å². The second-order valence-corrected chi connectivity index (χ2v) is 7.89. The van der Waals surface area contributed by atoms with Crippen LogP contribution in [0.5, 0.6) is 0 Å². The highest BCUT2D eigenvalue weighted by atomic mass is 16.2. The molecular formula is C28H22N4O2. The number of hydrogen-bond acceptors (Lipinski definition) is 4. The van der Waals surface area contributed by atoms with Gasteiger partial charge in [-0.3, -0.25) is 9.59 Å². The van der Waals surface area contributed by atoms with Gasteiger partial charge in [-0.05, 0) is 59.3 Å². The summed E-state index contributed by atoms with van der Waals surface area (Å²) in [6, 6.07) is 34.4. The second-order valence-electron chi connectivity index (χ2n) is 7.89. The molecule has 5 aromatic rings. The lowest BCUT2D eigenvalue weighted by Gasteiger charge is -2.10. The third-order valence-corrected chi connectivity index (χ3v) is 5.44. The molecule has 0 aliphatic rings. The van der Waals surface area contributed by atoms with Crippen LogP contribution in [0.15, 0.2) is 114 Å². The van der Waals surface area contributed by atoms with Crippen molar-refractivity contribution in [3.8, 4) is 11.3 Å². The van der Waals surface area contributed by atoms with Gasteiger partial charge in [0.25, 0.3) is 5.56 Å². The van der Waals surface area contributed by atoms with Crippen molar-refractivity contribution in [2.24, 2.45) is 0 Å². The van der Waals surface area contributed by atoms with E-state index in [-0.39, 0.29) is 18.0 Å². The molecule has 0 saturated carbocycles. The van der Waals surface area contributed by atoms with E-state index in [1.807, 2.05) is 97.1 Å². The van der Waals surface area contributed by atoms with Crippen molar-refractivity contribution in [2.45, 2.75) is 6.54 Å². The Hall–Kier alpha value is -4.71. The number of carbonyl (C=O) groups is 1. The standard InChI is InChI=1S/C28H22N4O2/c33-27(30-25-14-12-24(13-15-25)29-23-8-2-1-3-9-23)19-32-28(34)17-16-26(31-32)22-11-10-20-6-4-5-7-21(20)18-22/h1-18,29H,19H2,(H,30,33). The molecule has 1 heterocycles. The van der Waals surface area contributed by atoms with Crippen molar-refractivity contribution >= 4 is 33.7 Å². The van der Waals surface area contributed by atoms with Crippen LogP contribution >= 0.6 is 0 Å². The Labute approximate surface area is 196 Å². The highest BCUT2D eigenvalue weighted by Crippen LogP contribution is 2.22. The topological polar surface area (TPSA) is 76.0 Å². The number of rotatable bonds is 6. The first-order chi connectivity index (χ1) is 16.6. The van der Waals surface area contributed by atoms with Crippen LogP contribution in [-0.4, -0.2) is 15.7 Å². The minimum absolute atomic E-state index is 0.176. The lowest BCUT2D eigenvalue weighted by atomic mass is 10.1. The molecule has 0 aliphatic heterocycles. The van der Waals surface area contributed by atoms with E-state index in [0.29, 0.717) is 11.4 Å². The Morgan fingerprint density at radius 2 is 1.38 bits per heavy atom. The molecule has 0 fully saturated rings. The summed E-state index contributed by atoms with van der Waals surface area (Å²) in [5.41, 5.74) is 3.72. The van der Waals surface area contributed by atoms with E-state index in [1.54, 1.807) is 6.07 Å². The molecule has 0 saturated heterocycles. The summed E-state index contributed by atoms with van der Waals surface area (Å²) in [7, 11) is 0. The summed E-state index contributed by atoms with van der Waals surface area (Å²) in [6.07, 6.45) is 0. The molecule has 5 rings (SSSR count). The number of nitrogens with one attached hydrogen (secondary N) is 2. The van der Waals surface area contributed by atoms with Crippen molar-refractivity contribution in [3.63, 3.8) is 0 Å². The van der Waals surface area contributed by atoms with Gasteiger partial charge in [0.05, 0.1) is 5.69 Å². The lowest BCUT2D eigenvalue weighted by Crippen LogP contribution is -2.29. The maximum atomic E-state index is 12.6. The van der Waals surface area contributed by atoms with Gasteiger partial charge in [-0.1, -0.05) is 54.6 Å². The van der Waals surface area contributed by atoms with Crippen molar-refractivity contribution in [1.29, 1.82) is 0 Å². The Bertz CT molecular complexity index is 1510. The molecule has 0 aliphatic carbocycles. The van der Waals surface area contributed by atoms with Crippen LogP contribution in [0.3, 0.4) is 0 Å². The molecule has 0 unspecified atom stereocenters. The highest BCUT2D eigenvalue weighted by Gasteiger charge is 2.09. The van der Waals surface area contributed by atoms with Crippen LogP contribution in [0.25, 0.3) is 22.0 Å². The number of para-hydroxylation sites is 1. The Balaban J connectivity index is 1.28. The fraction of sp³-hybridized carbons (Fsp3) is 0.0357. The van der Waals surface area contributed by atoms with E-state index >= 15 is 0 Å². The van der Waals surface area contributed by atoms with Crippen molar-refractivity contribution in [3.05, 3.63) is 120 Å². The van der Waals surface area contributed by atoms with Gasteiger partial charge in [0.1, 0.15) is 6.54 Å². The first-order valence-corrected chi connectivity index (χ1v) is 10.9. The SMILES string of the molecule is O=C(Cn1nc(-c2ccc3ccccc3c2)ccc1=O)Nc1ccc(Nc2ccccc2)cc1. The Morgan fingerprint density at radius 1 is 0.706 bits per heavy atom. The van der Waals surface area contributed by atoms with Gasteiger partial charge in [-0.2, -0.15) is 5.10 Å². The van der Waals surface area contributed by atoms with E-state index in [1.165, 1.54) is 10.7 Å². The van der Waals surface area contributed by atoms with Gasteiger partial charge in [0, 0.05) is 28.7 Å². The number of nitrogens with zero attached hydrogens (tertiary/aromatic N) is 2. The molecule has 6 heteroatoms. The van der Waals surface area contributed by atoms with Gasteiger partial charge in [-0.25, -0.2) is 4.68 Å². The van der Waals surface area contributed by atoms with Crippen molar-refractivity contribution < 1.29 is 4.79 Å². The van der Waals surface area contributed by atoms with E-state index in [0.717, 1.165) is 27.7 Å². The van der Waals surface area contributed by atoms with Crippen LogP contribution in [-0.2, 0) is 11.3 Å². The number of amides is 1. The van der Waals surface area contributed by atoms with E-state index in [4.69, 9.17) is 0 Å². The third-order valence-electron chi connectivity index (χ3n) is 5.44. The minimum atomic E-state index is -0.331. The summed E-state index contributed by atoms with van der Waals surface area (Å²) in [4.78, 5) is 24.9. The first-order valence-electron chi connectivity index (χ1n) is 10.9. The van der Waals surface area contributed by atoms with Crippen LogP contribution in [0.4, 0.5) is 17.1 Å². The van der Waals surface area contributed by atoms with E-state index in [9.17, 15) is 9.59 Å². The number of carbonyl (C=O) groups excluding carboxylic acids is 1.